The number of hydrogen-bond donors (Lipinski definition) is 1. The van der Waals surface area contributed by atoms with Crippen LogP contribution in [0.5, 0.6) is 11.5 Å². The minimum absolute atomic E-state index is 0.407. The van der Waals surface area contributed by atoms with Gasteiger partial charge in [-0.05, 0) is 30.3 Å². The van der Waals surface area contributed by atoms with Crippen LogP contribution >= 0.6 is 0 Å². The van der Waals surface area contributed by atoms with Gasteiger partial charge in [0.05, 0.1) is 14.2 Å². The molecular formula is C16H15N3O3. The molecule has 0 spiro atoms. The van der Waals surface area contributed by atoms with Gasteiger partial charge in [-0.15, -0.1) is 0 Å². The number of aromatic nitrogens is 2. The molecule has 0 amide bonds. The van der Waals surface area contributed by atoms with E-state index in [1.165, 1.54) is 0 Å². The first-order valence-corrected chi connectivity index (χ1v) is 6.62. The first kappa shape index (κ1) is 13.9. The fourth-order valence-corrected chi connectivity index (χ4v) is 2.07. The van der Waals surface area contributed by atoms with E-state index in [0.29, 0.717) is 28.9 Å². The molecule has 6 heteroatoms. The summed E-state index contributed by atoms with van der Waals surface area (Å²) in [5, 5.41) is 4.01. The van der Waals surface area contributed by atoms with Gasteiger partial charge >= 0.3 is 0 Å². The summed E-state index contributed by atoms with van der Waals surface area (Å²) in [6.07, 6.45) is 0. The number of rotatable bonds is 4. The highest BCUT2D eigenvalue weighted by Gasteiger charge is 2.13. The highest BCUT2D eigenvalue weighted by Crippen LogP contribution is 2.29. The van der Waals surface area contributed by atoms with Crippen LogP contribution in [0.15, 0.2) is 47.0 Å². The molecule has 2 aromatic carbocycles. The lowest BCUT2D eigenvalue weighted by Crippen LogP contribution is -1.90. The highest BCUT2D eigenvalue weighted by molar-refractivity contribution is 5.65. The van der Waals surface area contributed by atoms with Crippen LogP contribution in [-0.4, -0.2) is 24.4 Å². The molecule has 0 radical (unpaired) electrons. The fourth-order valence-electron chi connectivity index (χ4n) is 2.07. The molecule has 0 atom stereocenters. The molecule has 0 aliphatic carbocycles. The Balaban J connectivity index is 2.00. The zero-order chi connectivity index (χ0) is 15.5. The van der Waals surface area contributed by atoms with Gasteiger partial charge in [0.25, 0.3) is 5.89 Å². The zero-order valence-corrected chi connectivity index (χ0v) is 12.2. The van der Waals surface area contributed by atoms with E-state index in [1.54, 1.807) is 32.4 Å². The number of nitrogens with zero attached hydrogens (tertiary/aromatic N) is 2. The van der Waals surface area contributed by atoms with Crippen LogP contribution in [0.2, 0.25) is 0 Å². The van der Waals surface area contributed by atoms with Crippen molar-refractivity contribution < 1.29 is 14.0 Å². The lowest BCUT2D eigenvalue weighted by Gasteiger charge is -2.05. The highest BCUT2D eigenvalue weighted by atomic mass is 16.5. The lowest BCUT2D eigenvalue weighted by molar-refractivity contribution is 0.394. The standard InChI is InChI=1S/C16H15N3O3/c1-20-13-7-11(8-14(9-13)21-2)15-18-16(22-19-15)10-4-3-5-12(17)6-10/h3-9H,17H2,1-2H3. The van der Waals surface area contributed by atoms with Crippen molar-refractivity contribution in [3.63, 3.8) is 0 Å². The van der Waals surface area contributed by atoms with Crippen LogP contribution in [0, 0.1) is 0 Å². The van der Waals surface area contributed by atoms with E-state index in [-0.39, 0.29) is 0 Å². The van der Waals surface area contributed by atoms with Gasteiger partial charge < -0.3 is 19.7 Å². The van der Waals surface area contributed by atoms with E-state index in [4.69, 9.17) is 19.7 Å². The Morgan fingerprint density at radius 2 is 1.68 bits per heavy atom. The molecule has 0 fully saturated rings. The summed E-state index contributed by atoms with van der Waals surface area (Å²) in [5.74, 6) is 2.17. The van der Waals surface area contributed by atoms with Gasteiger partial charge in [-0.25, -0.2) is 0 Å². The number of benzene rings is 2. The smallest absolute Gasteiger partial charge is 0.258 e. The first-order valence-electron chi connectivity index (χ1n) is 6.62. The van der Waals surface area contributed by atoms with Crippen molar-refractivity contribution in [3.8, 4) is 34.3 Å². The number of nitrogens with two attached hydrogens (primary N) is 1. The maximum absolute atomic E-state index is 5.77. The molecule has 0 saturated carbocycles. The monoisotopic (exact) mass is 297 g/mol. The number of anilines is 1. The van der Waals surface area contributed by atoms with Gasteiger partial charge in [0, 0.05) is 22.9 Å². The van der Waals surface area contributed by atoms with Crippen molar-refractivity contribution in [2.24, 2.45) is 0 Å². The number of nitrogen functional groups attached to an aromatic ring is 1. The average Bonchev–Trinajstić information content (AvgIpc) is 3.04. The maximum atomic E-state index is 5.77. The van der Waals surface area contributed by atoms with Crippen LogP contribution in [0.3, 0.4) is 0 Å². The molecule has 0 aliphatic heterocycles. The van der Waals surface area contributed by atoms with Gasteiger partial charge in [-0.1, -0.05) is 11.2 Å². The molecule has 3 aromatic rings. The normalized spacial score (nSPS) is 10.5. The third-order valence-electron chi connectivity index (χ3n) is 3.17. The van der Waals surface area contributed by atoms with Gasteiger partial charge in [-0.3, -0.25) is 0 Å². The predicted molar refractivity (Wildman–Crippen MR) is 82.7 cm³/mol. The molecule has 22 heavy (non-hydrogen) atoms. The van der Waals surface area contributed by atoms with Crippen LogP contribution in [0.25, 0.3) is 22.8 Å². The molecule has 0 aliphatic rings. The summed E-state index contributed by atoms with van der Waals surface area (Å²) in [7, 11) is 3.18. The largest absolute Gasteiger partial charge is 0.497 e. The quantitative estimate of drug-likeness (QED) is 0.745. The summed E-state index contributed by atoms with van der Waals surface area (Å²) in [6, 6.07) is 12.7. The van der Waals surface area contributed by atoms with Crippen LogP contribution < -0.4 is 15.2 Å². The molecule has 0 saturated heterocycles. The van der Waals surface area contributed by atoms with Crippen molar-refractivity contribution in [1.82, 2.24) is 10.1 Å². The summed E-state index contributed by atoms with van der Waals surface area (Å²) < 4.78 is 15.8. The molecule has 1 aromatic heterocycles. The van der Waals surface area contributed by atoms with E-state index in [1.807, 2.05) is 24.3 Å². The molecule has 0 bridgehead atoms. The molecule has 2 N–H and O–H groups in total. The van der Waals surface area contributed by atoms with E-state index < -0.39 is 0 Å². The van der Waals surface area contributed by atoms with Crippen molar-refractivity contribution in [1.29, 1.82) is 0 Å². The summed E-state index contributed by atoms with van der Waals surface area (Å²) in [6.45, 7) is 0. The van der Waals surface area contributed by atoms with E-state index >= 15 is 0 Å². The Bertz CT molecular complexity index is 777. The second-order valence-corrected chi connectivity index (χ2v) is 4.65. The summed E-state index contributed by atoms with van der Waals surface area (Å²) >= 11 is 0. The van der Waals surface area contributed by atoms with Gasteiger partial charge in [0.2, 0.25) is 5.82 Å². The van der Waals surface area contributed by atoms with Gasteiger partial charge in [0.1, 0.15) is 11.5 Å². The van der Waals surface area contributed by atoms with Crippen molar-refractivity contribution in [2.45, 2.75) is 0 Å². The van der Waals surface area contributed by atoms with Crippen LogP contribution in [-0.2, 0) is 0 Å². The number of hydrogen-bond acceptors (Lipinski definition) is 6. The second-order valence-electron chi connectivity index (χ2n) is 4.65. The molecular weight excluding hydrogens is 282 g/mol. The lowest BCUT2D eigenvalue weighted by atomic mass is 10.2. The molecule has 1 heterocycles. The van der Waals surface area contributed by atoms with Crippen molar-refractivity contribution in [3.05, 3.63) is 42.5 Å². The minimum atomic E-state index is 0.407. The zero-order valence-electron chi connectivity index (χ0n) is 12.2. The topological polar surface area (TPSA) is 83.4 Å². The Morgan fingerprint density at radius 1 is 0.955 bits per heavy atom. The summed E-state index contributed by atoms with van der Waals surface area (Å²) in [5.41, 5.74) is 7.92. The third kappa shape index (κ3) is 2.71. The fraction of sp³-hybridized carbons (Fsp3) is 0.125. The summed E-state index contributed by atoms with van der Waals surface area (Å²) in [4.78, 5) is 4.40. The number of ether oxygens (including phenoxy) is 2. The number of methoxy groups -OCH3 is 2. The SMILES string of the molecule is COc1cc(OC)cc(-c2noc(-c3cccc(N)c3)n2)c1. The van der Waals surface area contributed by atoms with Crippen molar-refractivity contribution >= 4 is 5.69 Å². The van der Waals surface area contributed by atoms with Crippen LogP contribution in [0.4, 0.5) is 5.69 Å². The Morgan fingerprint density at radius 3 is 2.32 bits per heavy atom. The molecule has 6 nitrogen and oxygen atoms in total. The van der Waals surface area contributed by atoms with E-state index in [0.717, 1.165) is 11.1 Å². The Kier molecular flexibility index (Phi) is 3.65. The van der Waals surface area contributed by atoms with Crippen molar-refractivity contribution in [2.75, 3.05) is 20.0 Å². The van der Waals surface area contributed by atoms with Crippen LogP contribution in [0.1, 0.15) is 0 Å². The van der Waals surface area contributed by atoms with E-state index in [2.05, 4.69) is 10.1 Å². The minimum Gasteiger partial charge on any atom is -0.497 e. The second kappa shape index (κ2) is 5.77. The Labute approximate surface area is 127 Å². The molecule has 112 valence electrons. The van der Waals surface area contributed by atoms with Gasteiger partial charge in [0.15, 0.2) is 0 Å². The van der Waals surface area contributed by atoms with Gasteiger partial charge in [-0.2, -0.15) is 4.98 Å². The maximum Gasteiger partial charge on any atom is 0.258 e. The third-order valence-corrected chi connectivity index (χ3v) is 3.17. The molecule has 0 unspecified atom stereocenters. The van der Waals surface area contributed by atoms with E-state index in [9.17, 15) is 0 Å². The first-order chi connectivity index (χ1) is 10.7. The molecule has 3 rings (SSSR count). The average molecular weight is 297 g/mol. The Hall–Kier alpha value is -3.02. The predicted octanol–water partition coefficient (Wildman–Crippen LogP) is 3.00.